The zero-order valence-electron chi connectivity index (χ0n) is 11.5. The van der Waals surface area contributed by atoms with Crippen molar-refractivity contribution in [2.24, 2.45) is 0 Å². The lowest BCUT2D eigenvalue weighted by Crippen LogP contribution is -1.96. The van der Waals surface area contributed by atoms with Gasteiger partial charge in [-0.2, -0.15) is 5.26 Å². The van der Waals surface area contributed by atoms with Crippen LogP contribution in [0.3, 0.4) is 0 Å². The molecule has 106 valence electrons. The number of nitrogens with zero attached hydrogens (tertiary/aromatic N) is 2. The first-order valence-corrected chi connectivity index (χ1v) is 6.06. The molecular formula is C15H12N2O4. The van der Waals surface area contributed by atoms with Crippen molar-refractivity contribution < 1.29 is 14.4 Å². The van der Waals surface area contributed by atoms with Crippen LogP contribution in [-0.2, 0) is 0 Å². The summed E-state index contributed by atoms with van der Waals surface area (Å²) in [6, 6.07) is 11.3. The van der Waals surface area contributed by atoms with E-state index in [0.29, 0.717) is 11.3 Å². The minimum atomic E-state index is -0.557. The summed E-state index contributed by atoms with van der Waals surface area (Å²) >= 11 is 0. The van der Waals surface area contributed by atoms with Crippen LogP contribution in [0.2, 0.25) is 0 Å². The summed E-state index contributed by atoms with van der Waals surface area (Å²) in [5.74, 6) is 0.691. The van der Waals surface area contributed by atoms with Gasteiger partial charge in [-0.15, -0.1) is 0 Å². The van der Waals surface area contributed by atoms with Crippen LogP contribution in [0, 0.1) is 28.4 Å². The molecule has 0 aliphatic heterocycles. The lowest BCUT2D eigenvalue weighted by molar-refractivity contribution is -0.385. The number of ether oxygens (including phenoxy) is 2. The van der Waals surface area contributed by atoms with Crippen LogP contribution < -0.4 is 9.47 Å². The summed E-state index contributed by atoms with van der Waals surface area (Å²) in [6.07, 6.45) is 0. The number of nitro groups is 1. The molecule has 0 heterocycles. The van der Waals surface area contributed by atoms with Gasteiger partial charge in [0, 0.05) is 0 Å². The molecule has 0 unspecified atom stereocenters. The monoisotopic (exact) mass is 284 g/mol. The Morgan fingerprint density at radius 3 is 2.52 bits per heavy atom. The zero-order chi connectivity index (χ0) is 15.4. The molecular weight excluding hydrogens is 272 g/mol. The molecule has 0 spiro atoms. The summed E-state index contributed by atoms with van der Waals surface area (Å²) in [5.41, 5.74) is 1.00. The number of hydrogen-bond acceptors (Lipinski definition) is 5. The molecule has 0 radical (unpaired) electrons. The van der Waals surface area contributed by atoms with E-state index in [1.807, 2.05) is 13.0 Å². The molecule has 0 aliphatic rings. The molecule has 0 aromatic heterocycles. The second-order valence-corrected chi connectivity index (χ2v) is 4.30. The smallest absolute Gasteiger partial charge is 0.315 e. The third-order valence-corrected chi connectivity index (χ3v) is 2.84. The SMILES string of the molecule is COc1ccc(Oc2ccc(C)cc2C#N)c([N+](=O)[O-])c1. The summed E-state index contributed by atoms with van der Waals surface area (Å²) in [6.45, 7) is 1.85. The average molecular weight is 284 g/mol. The van der Waals surface area contributed by atoms with Crippen molar-refractivity contribution in [2.75, 3.05) is 7.11 Å². The molecule has 0 saturated carbocycles. The van der Waals surface area contributed by atoms with Crippen molar-refractivity contribution in [1.82, 2.24) is 0 Å². The Bertz CT molecular complexity index is 735. The molecule has 21 heavy (non-hydrogen) atoms. The van der Waals surface area contributed by atoms with E-state index in [2.05, 4.69) is 0 Å². The third kappa shape index (κ3) is 3.09. The molecule has 0 aliphatic carbocycles. The minimum absolute atomic E-state index is 0.0566. The summed E-state index contributed by atoms with van der Waals surface area (Å²) in [4.78, 5) is 10.5. The van der Waals surface area contributed by atoms with Gasteiger partial charge in [-0.05, 0) is 36.8 Å². The van der Waals surface area contributed by atoms with Crippen molar-refractivity contribution in [3.8, 4) is 23.3 Å². The minimum Gasteiger partial charge on any atom is -0.496 e. The first-order chi connectivity index (χ1) is 10.0. The normalized spacial score (nSPS) is 9.76. The predicted molar refractivity (Wildman–Crippen MR) is 75.6 cm³/mol. The Morgan fingerprint density at radius 2 is 1.90 bits per heavy atom. The van der Waals surface area contributed by atoms with E-state index >= 15 is 0 Å². The highest BCUT2D eigenvalue weighted by Crippen LogP contribution is 2.35. The first-order valence-electron chi connectivity index (χ1n) is 6.06. The van der Waals surface area contributed by atoms with Gasteiger partial charge in [0.2, 0.25) is 5.75 Å². The van der Waals surface area contributed by atoms with Crippen LogP contribution in [0.25, 0.3) is 0 Å². The number of rotatable bonds is 4. The summed E-state index contributed by atoms with van der Waals surface area (Å²) < 4.78 is 10.5. The van der Waals surface area contributed by atoms with Gasteiger partial charge in [0.25, 0.3) is 0 Å². The standard InChI is InChI=1S/C15H12N2O4/c1-10-3-5-14(11(7-10)9-16)21-15-6-4-12(20-2)8-13(15)17(18)19/h3-8H,1-2H3. The summed E-state index contributed by atoms with van der Waals surface area (Å²) in [5, 5.41) is 20.2. The fraction of sp³-hybridized carbons (Fsp3) is 0.133. The highest BCUT2D eigenvalue weighted by Gasteiger charge is 2.18. The average Bonchev–Trinajstić information content (AvgIpc) is 2.49. The van der Waals surface area contributed by atoms with Crippen molar-refractivity contribution >= 4 is 5.69 Å². The highest BCUT2D eigenvalue weighted by atomic mass is 16.6. The Hall–Kier alpha value is -3.07. The van der Waals surface area contributed by atoms with Gasteiger partial charge in [-0.3, -0.25) is 10.1 Å². The number of aryl methyl sites for hydroxylation is 1. The third-order valence-electron chi connectivity index (χ3n) is 2.84. The summed E-state index contributed by atoms with van der Waals surface area (Å²) in [7, 11) is 1.42. The lowest BCUT2D eigenvalue weighted by atomic mass is 10.1. The second kappa shape index (κ2) is 5.92. The molecule has 2 aromatic rings. The van der Waals surface area contributed by atoms with Gasteiger partial charge in [0.1, 0.15) is 17.6 Å². The van der Waals surface area contributed by atoms with Gasteiger partial charge in [0.05, 0.1) is 23.7 Å². The van der Waals surface area contributed by atoms with E-state index in [9.17, 15) is 10.1 Å². The van der Waals surface area contributed by atoms with E-state index in [4.69, 9.17) is 14.7 Å². The van der Waals surface area contributed by atoms with Gasteiger partial charge in [-0.1, -0.05) is 6.07 Å². The zero-order valence-corrected chi connectivity index (χ0v) is 11.5. The van der Waals surface area contributed by atoms with E-state index in [0.717, 1.165) is 5.56 Å². The molecule has 0 fully saturated rings. The van der Waals surface area contributed by atoms with Crippen LogP contribution in [0.4, 0.5) is 5.69 Å². The van der Waals surface area contributed by atoms with Crippen LogP contribution in [0.15, 0.2) is 36.4 Å². The molecule has 0 amide bonds. The maximum atomic E-state index is 11.1. The van der Waals surface area contributed by atoms with Crippen molar-refractivity contribution in [1.29, 1.82) is 5.26 Å². The van der Waals surface area contributed by atoms with Gasteiger partial charge < -0.3 is 9.47 Å². The van der Waals surface area contributed by atoms with Crippen LogP contribution in [-0.4, -0.2) is 12.0 Å². The van der Waals surface area contributed by atoms with Crippen molar-refractivity contribution in [3.05, 3.63) is 57.6 Å². The maximum Gasteiger partial charge on any atom is 0.315 e. The molecule has 2 rings (SSSR count). The van der Waals surface area contributed by atoms with E-state index in [1.54, 1.807) is 24.3 Å². The molecule has 6 heteroatoms. The number of nitriles is 1. The lowest BCUT2D eigenvalue weighted by Gasteiger charge is -2.09. The molecule has 0 N–H and O–H groups in total. The van der Waals surface area contributed by atoms with Gasteiger partial charge in [0.15, 0.2) is 0 Å². The number of hydrogen-bond donors (Lipinski definition) is 0. The maximum absolute atomic E-state index is 11.1. The fourth-order valence-corrected chi connectivity index (χ4v) is 1.79. The van der Waals surface area contributed by atoms with Crippen molar-refractivity contribution in [3.63, 3.8) is 0 Å². The largest absolute Gasteiger partial charge is 0.496 e. The molecule has 0 bridgehead atoms. The van der Waals surface area contributed by atoms with E-state index in [-0.39, 0.29) is 17.2 Å². The van der Waals surface area contributed by atoms with Crippen LogP contribution in [0.5, 0.6) is 17.2 Å². The van der Waals surface area contributed by atoms with Crippen molar-refractivity contribution in [2.45, 2.75) is 6.92 Å². The second-order valence-electron chi connectivity index (χ2n) is 4.30. The Balaban J connectivity index is 2.45. The number of methoxy groups -OCH3 is 1. The highest BCUT2D eigenvalue weighted by molar-refractivity contribution is 5.54. The Morgan fingerprint density at radius 1 is 1.19 bits per heavy atom. The van der Waals surface area contributed by atoms with E-state index < -0.39 is 4.92 Å². The Labute approximate surface area is 121 Å². The topological polar surface area (TPSA) is 85.4 Å². The Kier molecular flexibility index (Phi) is 4.05. The molecule has 6 nitrogen and oxygen atoms in total. The predicted octanol–water partition coefficient (Wildman–Crippen LogP) is 3.58. The molecule has 2 aromatic carbocycles. The molecule has 0 saturated heterocycles. The number of nitro benzene ring substituents is 1. The molecule has 0 atom stereocenters. The van der Waals surface area contributed by atoms with Crippen LogP contribution >= 0.6 is 0 Å². The fourth-order valence-electron chi connectivity index (χ4n) is 1.79. The van der Waals surface area contributed by atoms with E-state index in [1.165, 1.54) is 19.2 Å². The van der Waals surface area contributed by atoms with Gasteiger partial charge >= 0.3 is 5.69 Å². The van der Waals surface area contributed by atoms with Crippen LogP contribution in [0.1, 0.15) is 11.1 Å². The quantitative estimate of drug-likeness (QED) is 0.632. The first kappa shape index (κ1) is 14.3. The van der Waals surface area contributed by atoms with Gasteiger partial charge in [-0.25, -0.2) is 0 Å². The number of benzene rings is 2.